The highest BCUT2D eigenvalue weighted by molar-refractivity contribution is 7.92. The summed E-state index contributed by atoms with van der Waals surface area (Å²) >= 11 is 0. The van der Waals surface area contributed by atoms with E-state index in [1.54, 1.807) is 35.2 Å². The molecule has 1 saturated heterocycles. The summed E-state index contributed by atoms with van der Waals surface area (Å²) in [5.74, 6) is 2.48. The molecule has 0 aliphatic carbocycles. The highest BCUT2D eigenvalue weighted by Gasteiger charge is 2.41. The van der Waals surface area contributed by atoms with Crippen molar-refractivity contribution >= 4 is 15.8 Å². The highest BCUT2D eigenvalue weighted by Crippen LogP contribution is 2.40. The van der Waals surface area contributed by atoms with Crippen molar-refractivity contribution in [1.29, 1.82) is 0 Å². The molecule has 1 aromatic carbocycles. The standard InChI is InChI=1S/C19H31N3O5S/c1-7-20-18(22-10-11-28(23,24)19(2,3)13-22)21-12-14-8-9-15(25-4)17(27-6)16(14)26-5/h8-9H,7,10-13H2,1-6H3,(H,20,21). The average Bonchev–Trinajstić information content (AvgIpc) is 2.66. The highest BCUT2D eigenvalue weighted by atomic mass is 32.2. The minimum absolute atomic E-state index is 0.115. The van der Waals surface area contributed by atoms with E-state index in [-0.39, 0.29) is 5.75 Å². The summed E-state index contributed by atoms with van der Waals surface area (Å²) < 4.78 is 40.0. The number of benzene rings is 1. The van der Waals surface area contributed by atoms with Gasteiger partial charge in [-0.1, -0.05) is 0 Å². The SMILES string of the molecule is CCNC(=NCc1ccc(OC)c(OC)c1OC)N1CCS(=O)(=O)C(C)(C)C1. The predicted octanol–water partition coefficient (Wildman–Crippen LogP) is 1.69. The van der Waals surface area contributed by atoms with Crippen LogP contribution < -0.4 is 19.5 Å². The van der Waals surface area contributed by atoms with Crippen molar-refractivity contribution in [2.75, 3.05) is 46.7 Å². The van der Waals surface area contributed by atoms with Crippen LogP contribution in [-0.2, 0) is 16.4 Å². The molecule has 0 amide bonds. The first kappa shape index (κ1) is 22.1. The number of aliphatic imine (C=N–C) groups is 1. The summed E-state index contributed by atoms with van der Waals surface area (Å²) in [6, 6.07) is 3.70. The number of hydrogen-bond donors (Lipinski definition) is 1. The maximum atomic E-state index is 12.3. The topological polar surface area (TPSA) is 89.5 Å². The van der Waals surface area contributed by atoms with Crippen molar-refractivity contribution in [3.63, 3.8) is 0 Å². The van der Waals surface area contributed by atoms with Crippen molar-refractivity contribution in [2.45, 2.75) is 32.1 Å². The number of sulfone groups is 1. The maximum Gasteiger partial charge on any atom is 0.203 e. The minimum Gasteiger partial charge on any atom is -0.493 e. The fourth-order valence-corrected chi connectivity index (χ4v) is 4.56. The van der Waals surface area contributed by atoms with Gasteiger partial charge in [0.25, 0.3) is 0 Å². The van der Waals surface area contributed by atoms with Gasteiger partial charge in [-0.25, -0.2) is 13.4 Å². The molecule has 0 bridgehead atoms. The van der Waals surface area contributed by atoms with Gasteiger partial charge in [-0.15, -0.1) is 0 Å². The fraction of sp³-hybridized carbons (Fsp3) is 0.632. The number of methoxy groups -OCH3 is 3. The first-order valence-electron chi connectivity index (χ1n) is 9.24. The molecule has 2 rings (SSSR count). The number of nitrogens with zero attached hydrogens (tertiary/aromatic N) is 2. The van der Waals surface area contributed by atoms with Crippen molar-refractivity contribution in [2.24, 2.45) is 4.99 Å². The summed E-state index contributed by atoms with van der Waals surface area (Å²) in [7, 11) is 1.60. The number of ether oxygens (including phenoxy) is 3. The zero-order valence-electron chi connectivity index (χ0n) is 17.5. The van der Waals surface area contributed by atoms with E-state index in [1.807, 2.05) is 24.0 Å². The lowest BCUT2D eigenvalue weighted by Gasteiger charge is -2.39. The lowest BCUT2D eigenvalue weighted by atomic mass is 10.1. The third-order valence-electron chi connectivity index (χ3n) is 4.86. The molecule has 0 aromatic heterocycles. The molecule has 0 unspecified atom stereocenters. The van der Waals surface area contributed by atoms with Crippen LogP contribution in [0.3, 0.4) is 0 Å². The average molecular weight is 414 g/mol. The summed E-state index contributed by atoms with van der Waals surface area (Å²) in [6.07, 6.45) is 0. The molecular formula is C19H31N3O5S. The second kappa shape index (κ2) is 8.89. The Bertz CT molecular complexity index is 821. The predicted molar refractivity (Wildman–Crippen MR) is 110 cm³/mol. The Morgan fingerprint density at radius 2 is 1.86 bits per heavy atom. The Morgan fingerprint density at radius 3 is 2.39 bits per heavy atom. The van der Waals surface area contributed by atoms with Crippen LogP contribution in [0.1, 0.15) is 26.3 Å². The van der Waals surface area contributed by atoms with Crippen LogP contribution in [0.4, 0.5) is 0 Å². The van der Waals surface area contributed by atoms with Crippen molar-refractivity contribution in [1.82, 2.24) is 10.2 Å². The number of hydrogen-bond acceptors (Lipinski definition) is 6. The molecule has 1 aliphatic heterocycles. The van der Waals surface area contributed by atoms with Gasteiger partial charge in [-0.05, 0) is 32.9 Å². The molecule has 1 aromatic rings. The van der Waals surface area contributed by atoms with Gasteiger partial charge in [-0.3, -0.25) is 0 Å². The summed E-state index contributed by atoms with van der Waals surface area (Å²) in [6.45, 7) is 7.36. The molecule has 158 valence electrons. The summed E-state index contributed by atoms with van der Waals surface area (Å²) in [4.78, 5) is 6.72. The summed E-state index contributed by atoms with van der Waals surface area (Å²) in [5, 5.41) is 3.26. The van der Waals surface area contributed by atoms with Crippen LogP contribution in [0, 0.1) is 0 Å². The van der Waals surface area contributed by atoms with Gasteiger partial charge >= 0.3 is 0 Å². The van der Waals surface area contributed by atoms with Gasteiger partial charge < -0.3 is 24.4 Å². The third-order valence-corrected chi connectivity index (χ3v) is 7.40. The lowest BCUT2D eigenvalue weighted by Crippen LogP contribution is -2.57. The molecule has 1 N–H and O–H groups in total. The first-order chi connectivity index (χ1) is 13.2. The number of guanidine groups is 1. The van der Waals surface area contributed by atoms with Gasteiger partial charge in [0.1, 0.15) is 0 Å². The molecule has 0 atom stereocenters. The Kier molecular flexibility index (Phi) is 7.03. The second-order valence-electron chi connectivity index (χ2n) is 7.16. The van der Waals surface area contributed by atoms with Gasteiger partial charge in [0, 0.05) is 25.2 Å². The summed E-state index contributed by atoms with van der Waals surface area (Å²) in [5.41, 5.74) is 0.847. The van der Waals surface area contributed by atoms with E-state index in [0.29, 0.717) is 49.4 Å². The van der Waals surface area contributed by atoms with Gasteiger partial charge in [0.05, 0.1) is 38.4 Å². The third kappa shape index (κ3) is 4.45. The first-order valence-corrected chi connectivity index (χ1v) is 10.9. The number of nitrogens with one attached hydrogen (secondary N) is 1. The van der Waals surface area contributed by atoms with E-state index >= 15 is 0 Å². The van der Waals surface area contributed by atoms with Crippen LogP contribution in [0.25, 0.3) is 0 Å². The van der Waals surface area contributed by atoms with E-state index in [4.69, 9.17) is 19.2 Å². The monoisotopic (exact) mass is 413 g/mol. The quantitative estimate of drug-likeness (QED) is 0.561. The Morgan fingerprint density at radius 1 is 1.18 bits per heavy atom. The lowest BCUT2D eigenvalue weighted by molar-refractivity contribution is 0.322. The van der Waals surface area contributed by atoms with Crippen molar-refractivity contribution < 1.29 is 22.6 Å². The molecule has 1 fully saturated rings. The van der Waals surface area contributed by atoms with Crippen LogP contribution in [-0.4, -0.2) is 70.7 Å². The molecule has 0 radical (unpaired) electrons. The van der Waals surface area contributed by atoms with E-state index in [2.05, 4.69) is 5.32 Å². The Hall–Kier alpha value is -2.16. The normalized spacial score (nSPS) is 18.5. The van der Waals surface area contributed by atoms with E-state index < -0.39 is 14.6 Å². The van der Waals surface area contributed by atoms with E-state index in [9.17, 15) is 8.42 Å². The molecule has 28 heavy (non-hydrogen) atoms. The van der Waals surface area contributed by atoms with Gasteiger partial charge in [-0.2, -0.15) is 0 Å². The zero-order valence-corrected chi connectivity index (χ0v) is 18.4. The minimum atomic E-state index is -3.11. The van der Waals surface area contributed by atoms with Crippen LogP contribution in [0.15, 0.2) is 17.1 Å². The van der Waals surface area contributed by atoms with Gasteiger partial charge in [0.15, 0.2) is 27.3 Å². The smallest absolute Gasteiger partial charge is 0.203 e. The molecular weight excluding hydrogens is 382 g/mol. The van der Waals surface area contributed by atoms with E-state index in [1.165, 1.54) is 0 Å². The fourth-order valence-electron chi connectivity index (χ4n) is 3.20. The Balaban J connectivity index is 2.31. The largest absolute Gasteiger partial charge is 0.493 e. The van der Waals surface area contributed by atoms with Crippen molar-refractivity contribution in [3.05, 3.63) is 17.7 Å². The van der Waals surface area contributed by atoms with Crippen LogP contribution >= 0.6 is 0 Å². The Labute approximate surface area is 167 Å². The molecule has 8 nitrogen and oxygen atoms in total. The van der Waals surface area contributed by atoms with E-state index in [0.717, 1.165) is 5.56 Å². The van der Waals surface area contributed by atoms with Crippen molar-refractivity contribution in [3.8, 4) is 17.2 Å². The molecule has 0 spiro atoms. The molecule has 0 saturated carbocycles. The molecule has 9 heteroatoms. The van der Waals surface area contributed by atoms with Gasteiger partial charge in [0.2, 0.25) is 5.75 Å². The second-order valence-corrected chi connectivity index (χ2v) is 9.91. The zero-order chi connectivity index (χ0) is 20.9. The van der Waals surface area contributed by atoms with Crippen LogP contribution in [0.5, 0.6) is 17.2 Å². The van der Waals surface area contributed by atoms with Crippen LogP contribution in [0.2, 0.25) is 0 Å². The molecule has 1 aliphatic rings. The number of rotatable bonds is 6. The maximum absolute atomic E-state index is 12.3. The molecule has 1 heterocycles.